The molecule has 4 heteroatoms. The summed E-state index contributed by atoms with van der Waals surface area (Å²) < 4.78 is 10.7. The van der Waals surface area contributed by atoms with Gasteiger partial charge in [-0.3, -0.25) is 4.79 Å². The van der Waals surface area contributed by atoms with Gasteiger partial charge in [-0.25, -0.2) is 4.39 Å². The van der Waals surface area contributed by atoms with Crippen LogP contribution in [0.4, 0.5) is 4.39 Å². The maximum absolute atomic E-state index is 12.2. The zero-order valence-electron chi connectivity index (χ0n) is 3.90. The average molecular weight is 183 g/mol. The molecule has 2 unspecified atom stereocenters. The molecule has 0 amide bonds. The Morgan fingerprint density at radius 3 is 2.38 bits per heavy atom. The van der Waals surface area contributed by atoms with Crippen molar-refractivity contribution < 1.29 is 14.3 Å². The molecule has 0 radical (unpaired) electrons. The van der Waals surface area contributed by atoms with E-state index >= 15 is 0 Å². The van der Waals surface area contributed by atoms with Gasteiger partial charge in [0.1, 0.15) is 5.92 Å². The van der Waals surface area contributed by atoms with E-state index < -0.39 is 16.5 Å². The summed E-state index contributed by atoms with van der Waals surface area (Å²) in [4.78, 5) is 9.91. The van der Waals surface area contributed by atoms with Crippen molar-refractivity contribution in [1.82, 2.24) is 0 Å². The molecule has 46 valence electrons. The predicted molar refractivity (Wildman–Crippen MR) is 28.5 cm³/mol. The second kappa shape index (κ2) is 1.43. The molecule has 0 aliphatic heterocycles. The second-order valence-electron chi connectivity index (χ2n) is 1.86. The SMILES string of the molecule is O=C(O)C1CC1(F)Br. The highest BCUT2D eigenvalue weighted by atomic mass is 79.9. The van der Waals surface area contributed by atoms with Crippen LogP contribution in [0.3, 0.4) is 0 Å². The number of halogens is 2. The van der Waals surface area contributed by atoms with Gasteiger partial charge in [-0.1, -0.05) is 0 Å². The summed E-state index contributed by atoms with van der Waals surface area (Å²) in [5.74, 6) is -1.88. The van der Waals surface area contributed by atoms with E-state index in [9.17, 15) is 9.18 Å². The zero-order valence-corrected chi connectivity index (χ0v) is 5.48. The van der Waals surface area contributed by atoms with E-state index in [1.807, 2.05) is 0 Å². The lowest BCUT2D eigenvalue weighted by atomic mass is 10.4. The lowest BCUT2D eigenvalue weighted by molar-refractivity contribution is -0.139. The van der Waals surface area contributed by atoms with Crippen LogP contribution in [-0.4, -0.2) is 15.7 Å². The molecule has 0 saturated heterocycles. The van der Waals surface area contributed by atoms with Gasteiger partial charge in [0.25, 0.3) is 0 Å². The number of rotatable bonds is 1. The van der Waals surface area contributed by atoms with Crippen LogP contribution in [0.2, 0.25) is 0 Å². The Labute approximate surface area is 53.8 Å². The smallest absolute Gasteiger partial charge is 0.310 e. The highest BCUT2D eigenvalue weighted by molar-refractivity contribution is 9.10. The van der Waals surface area contributed by atoms with E-state index in [4.69, 9.17) is 5.11 Å². The van der Waals surface area contributed by atoms with Crippen molar-refractivity contribution in [3.63, 3.8) is 0 Å². The van der Waals surface area contributed by atoms with Crippen LogP contribution in [0.5, 0.6) is 0 Å². The summed E-state index contributed by atoms with van der Waals surface area (Å²) in [5.41, 5.74) is 0. The number of hydrogen-bond donors (Lipinski definition) is 1. The largest absolute Gasteiger partial charge is 0.481 e. The minimum Gasteiger partial charge on any atom is -0.481 e. The van der Waals surface area contributed by atoms with Crippen LogP contribution >= 0.6 is 15.9 Å². The van der Waals surface area contributed by atoms with Gasteiger partial charge in [0, 0.05) is 6.42 Å². The van der Waals surface area contributed by atoms with Gasteiger partial charge in [0.15, 0.2) is 4.58 Å². The van der Waals surface area contributed by atoms with Crippen molar-refractivity contribution >= 4 is 21.9 Å². The zero-order chi connectivity index (χ0) is 6.36. The first kappa shape index (κ1) is 6.01. The molecule has 0 aromatic carbocycles. The molecule has 8 heavy (non-hydrogen) atoms. The maximum atomic E-state index is 12.2. The van der Waals surface area contributed by atoms with Gasteiger partial charge in [0.2, 0.25) is 0 Å². The third-order valence-electron chi connectivity index (χ3n) is 1.12. The summed E-state index contributed by atoms with van der Waals surface area (Å²) >= 11 is 2.61. The van der Waals surface area contributed by atoms with E-state index in [1.165, 1.54) is 0 Å². The fourth-order valence-corrected chi connectivity index (χ4v) is 1.00. The van der Waals surface area contributed by atoms with E-state index in [2.05, 4.69) is 15.9 Å². The van der Waals surface area contributed by atoms with Crippen molar-refractivity contribution in [3.05, 3.63) is 0 Å². The number of aliphatic carboxylic acids is 1. The molecule has 0 bridgehead atoms. The van der Waals surface area contributed by atoms with Crippen molar-refractivity contribution in [3.8, 4) is 0 Å². The monoisotopic (exact) mass is 182 g/mol. The van der Waals surface area contributed by atoms with Gasteiger partial charge in [0.05, 0.1) is 0 Å². The van der Waals surface area contributed by atoms with E-state index in [0.717, 1.165) is 0 Å². The Morgan fingerprint density at radius 1 is 2.00 bits per heavy atom. The fourth-order valence-electron chi connectivity index (χ4n) is 0.481. The van der Waals surface area contributed by atoms with E-state index in [-0.39, 0.29) is 6.42 Å². The molecule has 1 saturated carbocycles. The quantitative estimate of drug-likeness (QED) is 0.619. The second-order valence-corrected chi connectivity index (χ2v) is 3.17. The Balaban J connectivity index is 2.48. The molecular weight excluding hydrogens is 179 g/mol. The van der Waals surface area contributed by atoms with Crippen LogP contribution in [0.25, 0.3) is 0 Å². The Bertz CT molecular complexity index is 134. The lowest BCUT2D eigenvalue weighted by Gasteiger charge is -1.88. The average Bonchev–Trinajstić information content (AvgIpc) is 2.13. The van der Waals surface area contributed by atoms with Gasteiger partial charge < -0.3 is 5.11 Å². The minimum atomic E-state index is -1.60. The first-order valence-electron chi connectivity index (χ1n) is 2.14. The minimum absolute atomic E-state index is 0.0995. The first-order chi connectivity index (χ1) is 3.54. The van der Waals surface area contributed by atoms with E-state index in [0.29, 0.717) is 0 Å². The molecule has 1 fully saturated rings. The Kier molecular flexibility index (Phi) is 1.08. The fraction of sp³-hybridized carbons (Fsp3) is 0.750. The van der Waals surface area contributed by atoms with Crippen molar-refractivity contribution in [2.24, 2.45) is 5.92 Å². The molecule has 0 spiro atoms. The summed E-state index contributed by atoms with van der Waals surface area (Å²) in [7, 11) is 0. The predicted octanol–water partition coefficient (Wildman–Crippen LogP) is 1.15. The summed E-state index contributed by atoms with van der Waals surface area (Å²) in [6.07, 6.45) is 0.0995. The third-order valence-corrected chi connectivity index (χ3v) is 2.00. The van der Waals surface area contributed by atoms with Crippen molar-refractivity contribution in [2.75, 3.05) is 0 Å². The van der Waals surface area contributed by atoms with Crippen molar-refractivity contribution in [1.29, 1.82) is 0 Å². The highest BCUT2D eigenvalue weighted by Gasteiger charge is 2.58. The molecule has 2 atom stereocenters. The van der Waals surface area contributed by atoms with Crippen LogP contribution < -0.4 is 0 Å². The topological polar surface area (TPSA) is 37.3 Å². The molecule has 1 aliphatic carbocycles. The van der Waals surface area contributed by atoms with Crippen LogP contribution in [-0.2, 0) is 4.79 Å². The Morgan fingerprint density at radius 2 is 2.38 bits per heavy atom. The van der Waals surface area contributed by atoms with Crippen LogP contribution in [0, 0.1) is 5.92 Å². The molecule has 1 rings (SSSR count). The number of carbonyl (C=O) groups is 1. The third kappa shape index (κ3) is 0.844. The normalized spacial score (nSPS) is 44.0. The highest BCUT2D eigenvalue weighted by Crippen LogP contribution is 2.52. The number of alkyl halides is 2. The number of carboxylic acid groups (broad SMARTS) is 1. The standard InChI is InChI=1S/C4H4BrFO2/c5-4(6)1-2(4)3(7)8/h2H,1H2,(H,7,8). The van der Waals surface area contributed by atoms with Gasteiger partial charge in [-0.15, -0.1) is 0 Å². The van der Waals surface area contributed by atoms with Gasteiger partial charge in [-0.2, -0.15) is 0 Å². The summed E-state index contributed by atoms with van der Waals surface area (Å²) in [5, 5.41) is 8.12. The molecule has 0 heterocycles. The Hall–Kier alpha value is -0.120. The summed E-state index contributed by atoms with van der Waals surface area (Å²) in [6, 6.07) is 0. The van der Waals surface area contributed by atoms with Crippen molar-refractivity contribution in [2.45, 2.75) is 11.0 Å². The molecular formula is C4H4BrFO2. The number of hydrogen-bond acceptors (Lipinski definition) is 1. The van der Waals surface area contributed by atoms with Gasteiger partial charge >= 0.3 is 5.97 Å². The molecule has 0 aromatic heterocycles. The first-order valence-corrected chi connectivity index (χ1v) is 2.94. The molecule has 1 aliphatic rings. The van der Waals surface area contributed by atoms with Crippen LogP contribution in [0.15, 0.2) is 0 Å². The molecule has 0 aromatic rings. The van der Waals surface area contributed by atoms with E-state index in [1.54, 1.807) is 0 Å². The summed E-state index contributed by atoms with van der Waals surface area (Å²) in [6.45, 7) is 0. The maximum Gasteiger partial charge on any atom is 0.310 e. The molecule has 1 N–H and O–H groups in total. The number of carboxylic acids is 1. The van der Waals surface area contributed by atoms with Gasteiger partial charge in [-0.05, 0) is 15.9 Å². The molecule has 2 nitrogen and oxygen atoms in total. The van der Waals surface area contributed by atoms with Crippen LogP contribution in [0.1, 0.15) is 6.42 Å². The lowest BCUT2D eigenvalue weighted by Crippen LogP contribution is -2.03.